The third-order valence-corrected chi connectivity index (χ3v) is 5.15. The van der Waals surface area contributed by atoms with Gasteiger partial charge in [-0.15, -0.1) is 10.2 Å². The molecule has 6 heteroatoms. The molecule has 3 N–H and O–H groups in total. The van der Waals surface area contributed by atoms with E-state index >= 15 is 0 Å². The van der Waals surface area contributed by atoms with Crippen LogP contribution in [0.2, 0.25) is 0 Å². The molecule has 0 bridgehead atoms. The summed E-state index contributed by atoms with van der Waals surface area (Å²) in [4.78, 5) is 16.0. The van der Waals surface area contributed by atoms with Gasteiger partial charge in [-0.05, 0) is 31.0 Å². The third kappa shape index (κ3) is 3.38. The van der Waals surface area contributed by atoms with E-state index in [2.05, 4.69) is 15.2 Å². The second-order valence-corrected chi connectivity index (χ2v) is 7.32. The number of carbonyl (C=O) groups excluding carboxylic acids is 1. The largest absolute Gasteiger partial charge is 0.493 e. The van der Waals surface area contributed by atoms with Crippen LogP contribution >= 0.6 is 0 Å². The third-order valence-electron chi connectivity index (χ3n) is 5.15. The number of aliphatic hydroxyl groups is 1. The zero-order valence-electron chi connectivity index (χ0n) is 16.6. The summed E-state index contributed by atoms with van der Waals surface area (Å²) in [5.74, 6) is -1.04. The van der Waals surface area contributed by atoms with Gasteiger partial charge in [-0.3, -0.25) is 4.79 Å². The Labute approximate surface area is 173 Å². The minimum atomic E-state index is -2.01. The van der Waals surface area contributed by atoms with Gasteiger partial charge in [-0.25, -0.2) is 0 Å². The fraction of sp³-hybridized carbons (Fsp3) is 0.125. The Bertz CT molecular complexity index is 1190. The highest BCUT2D eigenvalue weighted by Crippen LogP contribution is 2.37. The van der Waals surface area contributed by atoms with Crippen LogP contribution in [0.5, 0.6) is 5.88 Å². The van der Waals surface area contributed by atoms with Gasteiger partial charge in [0, 0.05) is 5.39 Å². The number of hydrogen-bond acceptors (Lipinski definition) is 4. The highest BCUT2D eigenvalue weighted by Gasteiger charge is 2.40. The SMILES string of the molecule is Cc1ccc(C(O)(C(=O)N=Nc2c(O)[nH]c3ccccc23)c2ccc(C)cc2)cc1. The molecule has 30 heavy (non-hydrogen) atoms. The summed E-state index contributed by atoms with van der Waals surface area (Å²) < 4.78 is 0. The molecule has 0 aliphatic carbocycles. The van der Waals surface area contributed by atoms with Gasteiger partial charge in [0.2, 0.25) is 5.88 Å². The first-order chi connectivity index (χ1) is 14.4. The first kappa shape index (κ1) is 19.5. The summed E-state index contributed by atoms with van der Waals surface area (Å²) in [5.41, 5.74) is 1.60. The number of para-hydroxylation sites is 1. The van der Waals surface area contributed by atoms with Gasteiger partial charge in [-0.1, -0.05) is 77.9 Å². The first-order valence-corrected chi connectivity index (χ1v) is 9.52. The number of nitrogens with one attached hydrogen (secondary N) is 1. The van der Waals surface area contributed by atoms with Crippen molar-refractivity contribution in [1.29, 1.82) is 0 Å². The Morgan fingerprint density at radius 3 is 1.97 bits per heavy atom. The molecule has 1 aromatic heterocycles. The number of benzene rings is 3. The number of aromatic amines is 1. The molecule has 4 aromatic rings. The number of azo groups is 1. The average Bonchev–Trinajstić information content (AvgIpc) is 3.07. The summed E-state index contributed by atoms with van der Waals surface area (Å²) in [6.07, 6.45) is 0. The van der Waals surface area contributed by atoms with Crippen molar-refractivity contribution in [3.8, 4) is 5.88 Å². The normalized spacial score (nSPS) is 12.0. The molecular weight excluding hydrogens is 378 g/mol. The zero-order valence-corrected chi connectivity index (χ0v) is 16.6. The number of fused-ring (bicyclic) bond motifs is 1. The van der Waals surface area contributed by atoms with Gasteiger partial charge in [0.25, 0.3) is 0 Å². The lowest BCUT2D eigenvalue weighted by molar-refractivity contribution is -0.133. The number of aromatic hydroxyl groups is 1. The van der Waals surface area contributed by atoms with Crippen LogP contribution in [-0.2, 0) is 10.4 Å². The molecule has 6 nitrogen and oxygen atoms in total. The number of amides is 1. The average molecular weight is 399 g/mol. The maximum absolute atomic E-state index is 13.2. The number of aromatic nitrogens is 1. The van der Waals surface area contributed by atoms with Crippen molar-refractivity contribution in [2.75, 3.05) is 0 Å². The van der Waals surface area contributed by atoms with E-state index in [4.69, 9.17) is 0 Å². The van der Waals surface area contributed by atoms with Crippen LogP contribution in [0.25, 0.3) is 10.9 Å². The van der Waals surface area contributed by atoms with Gasteiger partial charge >= 0.3 is 5.91 Å². The van der Waals surface area contributed by atoms with Crippen molar-refractivity contribution >= 4 is 22.5 Å². The van der Waals surface area contributed by atoms with Crippen LogP contribution in [0, 0.1) is 13.8 Å². The Kier molecular flexibility index (Phi) is 4.93. The number of H-pyrrole nitrogens is 1. The van der Waals surface area contributed by atoms with E-state index in [9.17, 15) is 15.0 Å². The zero-order chi connectivity index (χ0) is 21.3. The van der Waals surface area contributed by atoms with Crippen molar-refractivity contribution in [2.45, 2.75) is 19.4 Å². The highest BCUT2D eigenvalue weighted by molar-refractivity contribution is 5.95. The quantitative estimate of drug-likeness (QED) is 0.419. The molecule has 0 radical (unpaired) electrons. The molecular formula is C24H21N3O3. The second-order valence-electron chi connectivity index (χ2n) is 7.32. The molecule has 4 rings (SSSR count). The first-order valence-electron chi connectivity index (χ1n) is 9.52. The van der Waals surface area contributed by atoms with E-state index in [0.717, 1.165) is 11.1 Å². The van der Waals surface area contributed by atoms with E-state index in [1.807, 2.05) is 44.2 Å². The Morgan fingerprint density at radius 2 is 1.40 bits per heavy atom. The van der Waals surface area contributed by atoms with Crippen LogP contribution in [0.4, 0.5) is 5.69 Å². The fourth-order valence-electron chi connectivity index (χ4n) is 3.39. The molecule has 0 aliphatic rings. The van der Waals surface area contributed by atoms with Crippen molar-refractivity contribution < 1.29 is 15.0 Å². The number of rotatable bonds is 4. The van der Waals surface area contributed by atoms with Crippen molar-refractivity contribution in [2.24, 2.45) is 10.2 Å². The summed E-state index contributed by atoms with van der Waals surface area (Å²) >= 11 is 0. The van der Waals surface area contributed by atoms with Crippen LogP contribution < -0.4 is 0 Å². The van der Waals surface area contributed by atoms with Gasteiger partial charge in [0.1, 0.15) is 0 Å². The minimum Gasteiger partial charge on any atom is -0.493 e. The summed E-state index contributed by atoms with van der Waals surface area (Å²) in [5, 5.41) is 30.1. The molecule has 150 valence electrons. The van der Waals surface area contributed by atoms with Gasteiger partial charge in [0.15, 0.2) is 11.3 Å². The molecule has 0 spiro atoms. The minimum absolute atomic E-state index is 0.147. The summed E-state index contributed by atoms with van der Waals surface area (Å²) in [7, 11) is 0. The van der Waals surface area contributed by atoms with E-state index < -0.39 is 11.5 Å². The lowest BCUT2D eigenvalue weighted by Gasteiger charge is -2.25. The number of nitrogens with zero attached hydrogens (tertiary/aromatic N) is 2. The molecule has 3 aromatic carbocycles. The van der Waals surface area contributed by atoms with Crippen LogP contribution in [0.3, 0.4) is 0 Å². The standard InChI is InChI=1S/C24H21N3O3/c1-15-7-11-17(12-8-15)24(30,18-13-9-16(2)10-14-18)23(29)27-26-21-19-5-3-4-6-20(19)25-22(21)28/h3-14,25,28,30H,1-2H3. The fourth-order valence-corrected chi connectivity index (χ4v) is 3.39. The summed E-state index contributed by atoms with van der Waals surface area (Å²) in [6, 6.07) is 21.3. The predicted molar refractivity (Wildman–Crippen MR) is 115 cm³/mol. The maximum atomic E-state index is 13.2. The van der Waals surface area contributed by atoms with Gasteiger partial charge < -0.3 is 15.2 Å². The number of hydrogen-bond donors (Lipinski definition) is 3. The topological polar surface area (TPSA) is 98.0 Å². The van der Waals surface area contributed by atoms with Gasteiger partial charge in [0.05, 0.1) is 5.52 Å². The van der Waals surface area contributed by atoms with Crippen molar-refractivity contribution in [1.82, 2.24) is 4.98 Å². The van der Waals surface area contributed by atoms with E-state index in [0.29, 0.717) is 22.0 Å². The van der Waals surface area contributed by atoms with Crippen LogP contribution in [0.1, 0.15) is 22.3 Å². The lowest BCUT2D eigenvalue weighted by atomic mass is 9.85. The van der Waals surface area contributed by atoms with E-state index in [-0.39, 0.29) is 11.6 Å². The Morgan fingerprint density at radius 1 is 0.867 bits per heavy atom. The number of carbonyl (C=O) groups is 1. The maximum Gasteiger partial charge on any atom is 0.305 e. The van der Waals surface area contributed by atoms with Crippen molar-refractivity contribution in [3.05, 3.63) is 95.1 Å². The molecule has 0 fully saturated rings. The molecule has 0 saturated heterocycles. The van der Waals surface area contributed by atoms with E-state index in [1.54, 1.807) is 42.5 Å². The van der Waals surface area contributed by atoms with E-state index in [1.165, 1.54) is 0 Å². The highest BCUT2D eigenvalue weighted by atomic mass is 16.3. The summed E-state index contributed by atoms with van der Waals surface area (Å²) in [6.45, 7) is 3.85. The molecule has 0 unspecified atom stereocenters. The second kappa shape index (κ2) is 7.57. The molecule has 0 atom stereocenters. The molecule has 0 aliphatic heterocycles. The molecule has 0 saturated carbocycles. The van der Waals surface area contributed by atoms with Crippen molar-refractivity contribution in [3.63, 3.8) is 0 Å². The Hall–Kier alpha value is -3.77. The lowest BCUT2D eigenvalue weighted by Crippen LogP contribution is -2.35. The van der Waals surface area contributed by atoms with Crippen LogP contribution in [-0.4, -0.2) is 21.1 Å². The number of aryl methyl sites for hydroxylation is 2. The van der Waals surface area contributed by atoms with Gasteiger partial charge in [-0.2, -0.15) is 0 Å². The predicted octanol–water partition coefficient (Wildman–Crippen LogP) is 5.04. The Balaban J connectivity index is 1.79. The van der Waals surface area contributed by atoms with Crippen LogP contribution in [0.15, 0.2) is 83.0 Å². The molecule has 1 heterocycles. The monoisotopic (exact) mass is 399 g/mol. The smallest absolute Gasteiger partial charge is 0.305 e. The molecule has 1 amide bonds.